The molecule has 0 saturated heterocycles. The Hall–Kier alpha value is -1.81. The van der Waals surface area contributed by atoms with Gasteiger partial charge in [-0.3, -0.25) is 0 Å². The van der Waals surface area contributed by atoms with E-state index < -0.39 is 6.04 Å². The minimum absolute atomic E-state index is 0.281. The Labute approximate surface area is 110 Å². The summed E-state index contributed by atoms with van der Waals surface area (Å²) in [5, 5.41) is 7.13. The lowest BCUT2D eigenvalue weighted by Gasteiger charge is -2.18. The topological polar surface area (TPSA) is 38.3 Å². The zero-order valence-electron chi connectivity index (χ0n) is 10.3. The Morgan fingerprint density at radius 1 is 1.33 bits per heavy atom. The van der Waals surface area contributed by atoms with Gasteiger partial charge >= 0.3 is 5.97 Å². The third kappa shape index (κ3) is 2.71. The molecule has 0 fully saturated rings. The van der Waals surface area contributed by atoms with Crippen molar-refractivity contribution in [3.05, 3.63) is 52.2 Å². The van der Waals surface area contributed by atoms with Gasteiger partial charge in [0.2, 0.25) is 0 Å². The largest absolute Gasteiger partial charge is 0.467 e. The van der Waals surface area contributed by atoms with E-state index in [4.69, 9.17) is 4.74 Å². The summed E-state index contributed by atoms with van der Waals surface area (Å²) in [6.45, 7) is 2.00. The van der Waals surface area contributed by atoms with Crippen LogP contribution in [-0.2, 0) is 9.53 Å². The molecule has 1 aromatic carbocycles. The van der Waals surface area contributed by atoms with Crippen LogP contribution in [0.2, 0.25) is 0 Å². The van der Waals surface area contributed by atoms with Crippen LogP contribution in [0.1, 0.15) is 17.2 Å². The number of aryl methyl sites for hydroxylation is 1. The summed E-state index contributed by atoms with van der Waals surface area (Å²) in [7, 11) is 1.40. The summed E-state index contributed by atoms with van der Waals surface area (Å²) in [6, 6.07) is 9.34. The molecule has 0 aliphatic carbocycles. The lowest BCUT2D eigenvalue weighted by atomic mass is 10.1. The molecule has 1 N–H and O–H groups in total. The highest BCUT2D eigenvalue weighted by atomic mass is 32.1. The van der Waals surface area contributed by atoms with Crippen molar-refractivity contribution in [3.8, 4) is 0 Å². The van der Waals surface area contributed by atoms with E-state index in [0.717, 1.165) is 16.8 Å². The number of nitrogens with one attached hydrogen (secondary N) is 1. The molecular weight excluding hydrogens is 246 g/mol. The van der Waals surface area contributed by atoms with E-state index in [0.29, 0.717) is 0 Å². The molecule has 1 unspecified atom stereocenters. The van der Waals surface area contributed by atoms with Crippen molar-refractivity contribution >= 4 is 23.0 Å². The molecule has 0 radical (unpaired) electrons. The maximum absolute atomic E-state index is 11.8. The molecule has 2 rings (SSSR count). The van der Waals surface area contributed by atoms with Crippen LogP contribution in [0.3, 0.4) is 0 Å². The molecule has 4 heteroatoms. The molecule has 1 heterocycles. The first kappa shape index (κ1) is 12.6. The fourth-order valence-corrected chi connectivity index (χ4v) is 2.41. The zero-order chi connectivity index (χ0) is 13.0. The number of carbonyl (C=O) groups excluding carboxylic acids is 1. The molecule has 0 saturated carbocycles. The molecule has 0 aliphatic heterocycles. The van der Waals surface area contributed by atoms with Crippen LogP contribution < -0.4 is 5.32 Å². The molecule has 94 valence electrons. The number of carbonyl (C=O) groups is 1. The summed E-state index contributed by atoms with van der Waals surface area (Å²) in [6.07, 6.45) is 0. The fourth-order valence-electron chi connectivity index (χ4n) is 1.73. The van der Waals surface area contributed by atoms with Crippen LogP contribution in [0.15, 0.2) is 41.1 Å². The van der Waals surface area contributed by atoms with Crippen molar-refractivity contribution < 1.29 is 9.53 Å². The standard InChI is InChI=1S/C14H15NO2S/c1-10-5-3-4-6-12(10)15-13(14(16)17-2)11-7-8-18-9-11/h3-9,13,15H,1-2H3. The van der Waals surface area contributed by atoms with Gasteiger partial charge in [0, 0.05) is 5.69 Å². The van der Waals surface area contributed by atoms with E-state index >= 15 is 0 Å². The number of ether oxygens (including phenoxy) is 1. The summed E-state index contributed by atoms with van der Waals surface area (Å²) >= 11 is 1.56. The molecule has 0 bridgehead atoms. The van der Waals surface area contributed by atoms with E-state index in [-0.39, 0.29) is 5.97 Å². The highest BCUT2D eigenvalue weighted by Crippen LogP contribution is 2.24. The number of hydrogen-bond donors (Lipinski definition) is 1. The lowest BCUT2D eigenvalue weighted by molar-refractivity contribution is -0.141. The van der Waals surface area contributed by atoms with Gasteiger partial charge < -0.3 is 10.1 Å². The predicted molar refractivity (Wildman–Crippen MR) is 73.9 cm³/mol. The highest BCUT2D eigenvalue weighted by Gasteiger charge is 2.21. The van der Waals surface area contributed by atoms with Crippen molar-refractivity contribution in [2.45, 2.75) is 13.0 Å². The second-order valence-electron chi connectivity index (χ2n) is 3.97. The number of para-hydroxylation sites is 1. The van der Waals surface area contributed by atoms with Crippen LogP contribution in [0.4, 0.5) is 5.69 Å². The summed E-state index contributed by atoms with van der Waals surface area (Å²) in [5.74, 6) is -0.281. The molecule has 1 atom stereocenters. The third-order valence-electron chi connectivity index (χ3n) is 2.76. The van der Waals surface area contributed by atoms with Gasteiger partial charge in [0.25, 0.3) is 0 Å². The average Bonchev–Trinajstić information content (AvgIpc) is 2.90. The molecule has 0 spiro atoms. The maximum atomic E-state index is 11.8. The molecule has 0 amide bonds. The van der Waals surface area contributed by atoms with Crippen LogP contribution in [0.25, 0.3) is 0 Å². The Morgan fingerprint density at radius 2 is 2.11 bits per heavy atom. The third-order valence-corrected chi connectivity index (χ3v) is 3.46. The predicted octanol–water partition coefficient (Wildman–Crippen LogP) is 3.38. The first-order chi connectivity index (χ1) is 8.72. The van der Waals surface area contributed by atoms with Gasteiger partial charge in [0.1, 0.15) is 0 Å². The number of benzene rings is 1. The Balaban J connectivity index is 2.26. The second-order valence-corrected chi connectivity index (χ2v) is 4.75. The monoisotopic (exact) mass is 261 g/mol. The van der Waals surface area contributed by atoms with Gasteiger partial charge in [-0.2, -0.15) is 11.3 Å². The van der Waals surface area contributed by atoms with Gasteiger partial charge in [-0.1, -0.05) is 18.2 Å². The van der Waals surface area contributed by atoms with Crippen molar-refractivity contribution in [2.24, 2.45) is 0 Å². The molecule has 1 aromatic heterocycles. The molecule has 18 heavy (non-hydrogen) atoms. The van der Waals surface area contributed by atoms with Crippen LogP contribution in [-0.4, -0.2) is 13.1 Å². The minimum Gasteiger partial charge on any atom is -0.467 e. The fraction of sp³-hybridized carbons (Fsp3) is 0.214. The molecule has 0 aliphatic rings. The van der Waals surface area contributed by atoms with E-state index in [2.05, 4.69) is 5.32 Å². The number of rotatable bonds is 4. The average molecular weight is 261 g/mol. The van der Waals surface area contributed by atoms with Crippen molar-refractivity contribution in [1.29, 1.82) is 0 Å². The summed E-state index contributed by atoms with van der Waals surface area (Å²) < 4.78 is 4.85. The lowest BCUT2D eigenvalue weighted by Crippen LogP contribution is -2.22. The van der Waals surface area contributed by atoms with Crippen molar-refractivity contribution in [1.82, 2.24) is 0 Å². The first-order valence-corrected chi connectivity index (χ1v) is 6.58. The van der Waals surface area contributed by atoms with Gasteiger partial charge in [-0.25, -0.2) is 4.79 Å². The second kappa shape index (κ2) is 5.69. The van der Waals surface area contributed by atoms with Gasteiger partial charge in [-0.05, 0) is 40.9 Å². The molecule has 2 aromatic rings. The zero-order valence-corrected chi connectivity index (χ0v) is 11.2. The van der Waals surface area contributed by atoms with E-state index in [1.54, 1.807) is 11.3 Å². The summed E-state index contributed by atoms with van der Waals surface area (Å²) in [4.78, 5) is 11.8. The Bertz CT molecular complexity index is 522. The number of hydrogen-bond acceptors (Lipinski definition) is 4. The maximum Gasteiger partial charge on any atom is 0.333 e. The normalized spacial score (nSPS) is 11.9. The first-order valence-electron chi connectivity index (χ1n) is 5.64. The van der Waals surface area contributed by atoms with Gasteiger partial charge in [0.05, 0.1) is 7.11 Å². The molecular formula is C14H15NO2S. The SMILES string of the molecule is COC(=O)C(Nc1ccccc1C)c1ccsc1. The smallest absolute Gasteiger partial charge is 0.333 e. The van der Waals surface area contributed by atoms with E-state index in [1.807, 2.05) is 48.0 Å². The van der Waals surface area contributed by atoms with E-state index in [9.17, 15) is 4.79 Å². The number of esters is 1. The van der Waals surface area contributed by atoms with Crippen molar-refractivity contribution in [3.63, 3.8) is 0 Å². The van der Waals surface area contributed by atoms with Gasteiger partial charge in [0.15, 0.2) is 6.04 Å². The number of anilines is 1. The number of methoxy groups -OCH3 is 1. The van der Waals surface area contributed by atoms with Gasteiger partial charge in [-0.15, -0.1) is 0 Å². The summed E-state index contributed by atoms with van der Waals surface area (Å²) in [5.41, 5.74) is 2.97. The minimum atomic E-state index is -0.456. The Morgan fingerprint density at radius 3 is 2.72 bits per heavy atom. The van der Waals surface area contributed by atoms with Crippen LogP contribution in [0, 0.1) is 6.92 Å². The Kier molecular flexibility index (Phi) is 3.99. The number of thiophene rings is 1. The quantitative estimate of drug-likeness (QED) is 0.857. The van der Waals surface area contributed by atoms with E-state index in [1.165, 1.54) is 7.11 Å². The van der Waals surface area contributed by atoms with Crippen LogP contribution in [0.5, 0.6) is 0 Å². The highest BCUT2D eigenvalue weighted by molar-refractivity contribution is 7.08. The van der Waals surface area contributed by atoms with Crippen molar-refractivity contribution in [2.75, 3.05) is 12.4 Å². The molecule has 3 nitrogen and oxygen atoms in total. The van der Waals surface area contributed by atoms with Crippen LogP contribution >= 0.6 is 11.3 Å².